The Balaban J connectivity index is 1.78. The molecule has 0 aliphatic heterocycles. The van der Waals surface area contributed by atoms with Crippen LogP contribution in [-0.2, 0) is 10.0 Å². The van der Waals surface area contributed by atoms with E-state index in [0.717, 1.165) is 4.09 Å². The molecule has 0 aliphatic rings. The van der Waals surface area contributed by atoms with Crippen molar-refractivity contribution >= 4 is 56.2 Å². The average Bonchev–Trinajstić information content (AvgIpc) is 3.20. The van der Waals surface area contributed by atoms with Gasteiger partial charge in [-0.25, -0.2) is 0 Å². The standard InChI is InChI=1S/C22H18Cl2N4O3S/c1-31-15-10-12-16(13-11-15)32(29,30)28-22(26-20-9-5-3-7-18(20)24)14-21(27-28)25-19-8-4-2-6-17(19)23/h2-14,26H,1H3,(H,25,27). The quantitative estimate of drug-likeness (QED) is 0.335. The van der Waals surface area contributed by atoms with Gasteiger partial charge in [0.15, 0.2) is 5.82 Å². The zero-order chi connectivity index (χ0) is 22.7. The predicted octanol–water partition coefficient (Wildman–Crippen LogP) is 5.92. The van der Waals surface area contributed by atoms with Crippen molar-refractivity contribution in [3.05, 3.63) is 88.9 Å². The Bertz CT molecular complexity index is 1360. The molecule has 3 aromatic carbocycles. The number of halogens is 2. The van der Waals surface area contributed by atoms with Crippen molar-refractivity contribution in [2.75, 3.05) is 17.7 Å². The minimum atomic E-state index is -4.04. The lowest BCUT2D eigenvalue weighted by atomic mass is 10.3. The zero-order valence-corrected chi connectivity index (χ0v) is 19.1. The molecule has 2 N–H and O–H groups in total. The Morgan fingerprint density at radius 2 is 1.41 bits per heavy atom. The first kappa shape index (κ1) is 22.0. The number of aromatic nitrogens is 2. The summed E-state index contributed by atoms with van der Waals surface area (Å²) >= 11 is 12.5. The van der Waals surface area contributed by atoms with Crippen molar-refractivity contribution in [3.63, 3.8) is 0 Å². The number of para-hydroxylation sites is 2. The van der Waals surface area contributed by atoms with Crippen molar-refractivity contribution in [1.82, 2.24) is 9.19 Å². The highest BCUT2D eigenvalue weighted by Crippen LogP contribution is 2.31. The minimum Gasteiger partial charge on any atom is -0.497 e. The summed E-state index contributed by atoms with van der Waals surface area (Å²) in [6.45, 7) is 0. The minimum absolute atomic E-state index is 0.0490. The summed E-state index contributed by atoms with van der Waals surface area (Å²) in [4.78, 5) is 0.0490. The van der Waals surface area contributed by atoms with Crippen molar-refractivity contribution in [3.8, 4) is 5.75 Å². The van der Waals surface area contributed by atoms with Crippen LogP contribution < -0.4 is 15.4 Å². The van der Waals surface area contributed by atoms with Crippen LogP contribution in [0.5, 0.6) is 5.75 Å². The van der Waals surface area contributed by atoms with Gasteiger partial charge in [0.25, 0.3) is 10.0 Å². The largest absolute Gasteiger partial charge is 0.497 e. The summed E-state index contributed by atoms with van der Waals surface area (Å²) in [6.07, 6.45) is 0. The molecule has 1 aromatic heterocycles. The number of nitrogens with one attached hydrogen (secondary N) is 2. The molecule has 0 saturated carbocycles. The summed E-state index contributed by atoms with van der Waals surface area (Å²) in [5, 5.41) is 11.3. The van der Waals surface area contributed by atoms with E-state index in [4.69, 9.17) is 27.9 Å². The molecule has 0 spiro atoms. The van der Waals surface area contributed by atoms with E-state index in [9.17, 15) is 8.42 Å². The van der Waals surface area contributed by atoms with E-state index in [0.29, 0.717) is 27.2 Å². The molecule has 0 unspecified atom stereocenters. The second-order valence-corrected chi connectivity index (χ2v) is 9.23. The van der Waals surface area contributed by atoms with E-state index in [1.165, 1.54) is 19.2 Å². The van der Waals surface area contributed by atoms with Gasteiger partial charge < -0.3 is 15.4 Å². The molecule has 0 radical (unpaired) electrons. The maximum atomic E-state index is 13.4. The lowest BCUT2D eigenvalue weighted by molar-refractivity contribution is 0.414. The van der Waals surface area contributed by atoms with E-state index in [1.54, 1.807) is 60.7 Å². The number of hydrogen-bond donors (Lipinski definition) is 2. The smallest absolute Gasteiger partial charge is 0.284 e. The number of rotatable bonds is 7. The molecule has 0 bridgehead atoms. The monoisotopic (exact) mass is 488 g/mol. The maximum absolute atomic E-state index is 13.4. The van der Waals surface area contributed by atoms with Crippen molar-refractivity contribution in [2.24, 2.45) is 0 Å². The van der Waals surface area contributed by atoms with Crippen LogP contribution in [0.15, 0.2) is 83.8 Å². The van der Waals surface area contributed by atoms with Crippen LogP contribution >= 0.6 is 23.2 Å². The fraction of sp³-hybridized carbons (Fsp3) is 0.0455. The van der Waals surface area contributed by atoms with Gasteiger partial charge in [-0.05, 0) is 48.5 Å². The van der Waals surface area contributed by atoms with Gasteiger partial charge in [-0.3, -0.25) is 0 Å². The van der Waals surface area contributed by atoms with Gasteiger partial charge >= 0.3 is 0 Å². The predicted molar refractivity (Wildman–Crippen MR) is 127 cm³/mol. The Morgan fingerprint density at radius 1 is 0.844 bits per heavy atom. The molecule has 0 aliphatic carbocycles. The van der Waals surface area contributed by atoms with E-state index in [1.807, 2.05) is 6.07 Å². The molecule has 32 heavy (non-hydrogen) atoms. The van der Waals surface area contributed by atoms with Crippen LogP contribution in [0.3, 0.4) is 0 Å². The van der Waals surface area contributed by atoms with Gasteiger partial charge in [0, 0.05) is 6.07 Å². The van der Waals surface area contributed by atoms with E-state index in [-0.39, 0.29) is 16.5 Å². The first-order valence-electron chi connectivity index (χ1n) is 9.41. The molecule has 0 amide bonds. The number of ether oxygens (including phenoxy) is 1. The van der Waals surface area contributed by atoms with Crippen molar-refractivity contribution in [2.45, 2.75) is 4.90 Å². The highest BCUT2D eigenvalue weighted by molar-refractivity contribution is 7.90. The first-order chi connectivity index (χ1) is 15.4. The van der Waals surface area contributed by atoms with Gasteiger partial charge in [0.2, 0.25) is 0 Å². The van der Waals surface area contributed by atoms with Gasteiger partial charge in [-0.1, -0.05) is 47.5 Å². The SMILES string of the molecule is COc1ccc(S(=O)(=O)n2nc(Nc3ccccc3Cl)cc2Nc2ccccc2Cl)cc1. The molecule has 10 heteroatoms. The second kappa shape index (κ2) is 9.12. The Morgan fingerprint density at radius 3 is 1.97 bits per heavy atom. The number of nitrogens with zero attached hydrogens (tertiary/aromatic N) is 2. The normalized spacial score (nSPS) is 11.2. The van der Waals surface area contributed by atoms with Crippen LogP contribution in [0.4, 0.5) is 23.0 Å². The van der Waals surface area contributed by atoms with Crippen LogP contribution in [0, 0.1) is 0 Å². The second-order valence-electron chi connectivity index (χ2n) is 6.65. The Hall–Kier alpha value is -3.20. The molecule has 164 valence electrons. The summed E-state index contributed by atoms with van der Waals surface area (Å²) in [5.74, 6) is 1.02. The average molecular weight is 489 g/mol. The third-order valence-corrected chi connectivity index (χ3v) is 6.80. The van der Waals surface area contributed by atoms with Crippen LogP contribution in [0.2, 0.25) is 10.0 Å². The first-order valence-corrected chi connectivity index (χ1v) is 11.6. The molecule has 4 aromatic rings. The van der Waals surface area contributed by atoms with Crippen LogP contribution in [0.1, 0.15) is 0 Å². The highest BCUT2D eigenvalue weighted by Gasteiger charge is 2.24. The number of benzene rings is 3. The number of hydrogen-bond acceptors (Lipinski definition) is 6. The molecular formula is C22H18Cl2N4O3S. The molecular weight excluding hydrogens is 471 g/mol. The van der Waals surface area contributed by atoms with E-state index >= 15 is 0 Å². The van der Waals surface area contributed by atoms with Gasteiger partial charge in [-0.2, -0.15) is 8.42 Å². The lowest BCUT2D eigenvalue weighted by Crippen LogP contribution is -2.17. The van der Waals surface area contributed by atoms with Gasteiger partial charge in [0.1, 0.15) is 11.6 Å². The third kappa shape index (κ3) is 4.52. The van der Waals surface area contributed by atoms with E-state index < -0.39 is 10.0 Å². The van der Waals surface area contributed by atoms with E-state index in [2.05, 4.69) is 15.7 Å². The van der Waals surface area contributed by atoms with Crippen LogP contribution in [-0.4, -0.2) is 24.7 Å². The Labute approximate surface area is 195 Å². The topological polar surface area (TPSA) is 85.2 Å². The van der Waals surface area contributed by atoms with Crippen molar-refractivity contribution in [1.29, 1.82) is 0 Å². The molecule has 0 saturated heterocycles. The molecule has 4 rings (SSSR count). The molecule has 0 fully saturated rings. The lowest BCUT2D eigenvalue weighted by Gasteiger charge is -2.11. The number of methoxy groups -OCH3 is 1. The fourth-order valence-electron chi connectivity index (χ4n) is 2.94. The summed E-state index contributed by atoms with van der Waals surface area (Å²) < 4.78 is 32.8. The zero-order valence-electron chi connectivity index (χ0n) is 16.8. The number of anilines is 4. The van der Waals surface area contributed by atoms with Crippen molar-refractivity contribution < 1.29 is 13.2 Å². The maximum Gasteiger partial charge on any atom is 0.284 e. The molecule has 0 atom stereocenters. The van der Waals surface area contributed by atoms with Crippen LogP contribution in [0.25, 0.3) is 0 Å². The summed E-state index contributed by atoms with van der Waals surface area (Å²) in [5.41, 5.74) is 1.12. The Kier molecular flexibility index (Phi) is 6.27. The summed E-state index contributed by atoms with van der Waals surface area (Å²) in [7, 11) is -2.53. The highest BCUT2D eigenvalue weighted by atomic mass is 35.5. The molecule has 1 heterocycles. The fourth-order valence-corrected chi connectivity index (χ4v) is 4.54. The molecule has 7 nitrogen and oxygen atoms in total. The van der Waals surface area contributed by atoms with Gasteiger partial charge in [-0.15, -0.1) is 9.19 Å². The summed E-state index contributed by atoms with van der Waals surface area (Å²) in [6, 6.07) is 21.7. The third-order valence-electron chi connectivity index (χ3n) is 4.54. The van der Waals surface area contributed by atoms with Gasteiger partial charge in [0.05, 0.1) is 33.4 Å².